The number of aryl methyl sites for hydroxylation is 2. The highest BCUT2D eigenvalue weighted by Crippen LogP contribution is 2.29. The zero-order valence-corrected chi connectivity index (χ0v) is 13.3. The summed E-state index contributed by atoms with van der Waals surface area (Å²) in [5.74, 6) is -0.343. The molecule has 0 aliphatic heterocycles. The Bertz CT molecular complexity index is 622. The van der Waals surface area contributed by atoms with E-state index in [0.29, 0.717) is 11.6 Å². The van der Waals surface area contributed by atoms with Gasteiger partial charge in [0, 0.05) is 24.3 Å². The van der Waals surface area contributed by atoms with Crippen molar-refractivity contribution in [2.75, 3.05) is 18.5 Å². The number of rotatable bonds is 4. The van der Waals surface area contributed by atoms with Gasteiger partial charge in [-0.2, -0.15) is 0 Å². The summed E-state index contributed by atoms with van der Waals surface area (Å²) in [4.78, 5) is 2.07. The number of nitrogens with two attached hydrogens (primary N) is 1. The Labute approximate surface area is 130 Å². The topological polar surface area (TPSA) is 29.3 Å². The summed E-state index contributed by atoms with van der Waals surface area (Å²) in [5, 5.41) is 0.387. The second kappa shape index (κ2) is 6.46. The third kappa shape index (κ3) is 3.55. The predicted molar refractivity (Wildman–Crippen MR) is 87.5 cm³/mol. The summed E-state index contributed by atoms with van der Waals surface area (Å²) in [5.41, 5.74) is 10.2. The first-order valence-electron chi connectivity index (χ1n) is 6.88. The highest BCUT2D eigenvalue weighted by molar-refractivity contribution is 6.30. The molecule has 0 aromatic heterocycles. The van der Waals surface area contributed by atoms with Crippen molar-refractivity contribution in [1.29, 1.82) is 0 Å². The molecule has 0 saturated carbocycles. The van der Waals surface area contributed by atoms with Crippen LogP contribution in [0.3, 0.4) is 0 Å². The summed E-state index contributed by atoms with van der Waals surface area (Å²) in [6.07, 6.45) is 0. The van der Waals surface area contributed by atoms with Gasteiger partial charge in [0.25, 0.3) is 0 Å². The summed E-state index contributed by atoms with van der Waals surface area (Å²) in [6, 6.07) is 10.7. The molecule has 0 bridgehead atoms. The Balaban J connectivity index is 2.40. The second-order valence-corrected chi connectivity index (χ2v) is 5.79. The fourth-order valence-corrected chi connectivity index (χ4v) is 2.88. The van der Waals surface area contributed by atoms with E-state index in [1.807, 2.05) is 7.05 Å². The van der Waals surface area contributed by atoms with Crippen molar-refractivity contribution >= 4 is 17.3 Å². The number of halogens is 2. The smallest absolute Gasteiger partial charge is 0.125 e. The van der Waals surface area contributed by atoms with Gasteiger partial charge >= 0.3 is 0 Å². The third-order valence-electron chi connectivity index (χ3n) is 3.69. The molecular formula is C17H20ClFN2. The van der Waals surface area contributed by atoms with E-state index in [1.54, 1.807) is 6.07 Å². The standard InChI is InChI=1S/C17H20ClFN2/c1-11-4-5-16(12(2)6-11)21(3)17(10-20)13-7-14(18)9-15(19)8-13/h4-9,17H,10,20H2,1-3H3. The molecule has 2 aromatic carbocycles. The Morgan fingerprint density at radius 1 is 1.19 bits per heavy atom. The Kier molecular flexibility index (Phi) is 4.86. The molecule has 0 aliphatic carbocycles. The molecule has 0 heterocycles. The summed E-state index contributed by atoms with van der Waals surface area (Å²) >= 11 is 5.95. The van der Waals surface area contributed by atoms with E-state index in [1.165, 1.54) is 23.3 Å². The van der Waals surface area contributed by atoms with Gasteiger partial charge in [-0.3, -0.25) is 0 Å². The average Bonchev–Trinajstić information content (AvgIpc) is 2.38. The van der Waals surface area contributed by atoms with Crippen molar-refractivity contribution < 1.29 is 4.39 Å². The van der Waals surface area contributed by atoms with Crippen LogP contribution in [0.2, 0.25) is 5.02 Å². The van der Waals surface area contributed by atoms with E-state index < -0.39 is 0 Å². The van der Waals surface area contributed by atoms with Crippen LogP contribution in [0.1, 0.15) is 22.7 Å². The zero-order valence-electron chi connectivity index (χ0n) is 12.5. The van der Waals surface area contributed by atoms with Crippen LogP contribution in [0, 0.1) is 19.7 Å². The van der Waals surface area contributed by atoms with Crippen molar-refractivity contribution in [2.45, 2.75) is 19.9 Å². The molecule has 4 heteroatoms. The molecule has 2 nitrogen and oxygen atoms in total. The van der Waals surface area contributed by atoms with Crippen LogP contribution in [-0.2, 0) is 0 Å². The van der Waals surface area contributed by atoms with Crippen molar-refractivity contribution in [2.24, 2.45) is 5.73 Å². The highest BCUT2D eigenvalue weighted by atomic mass is 35.5. The Morgan fingerprint density at radius 2 is 1.90 bits per heavy atom. The van der Waals surface area contributed by atoms with Crippen molar-refractivity contribution in [3.05, 3.63) is 63.9 Å². The van der Waals surface area contributed by atoms with E-state index in [0.717, 1.165) is 11.3 Å². The summed E-state index contributed by atoms with van der Waals surface area (Å²) in [7, 11) is 1.97. The fourth-order valence-electron chi connectivity index (χ4n) is 2.65. The van der Waals surface area contributed by atoms with Crippen molar-refractivity contribution in [3.8, 4) is 0 Å². The van der Waals surface area contributed by atoms with Gasteiger partial charge < -0.3 is 10.6 Å². The minimum Gasteiger partial charge on any atom is -0.366 e. The summed E-state index contributed by atoms with van der Waals surface area (Å²) < 4.78 is 13.6. The molecule has 1 atom stereocenters. The normalized spacial score (nSPS) is 12.3. The van der Waals surface area contributed by atoms with Crippen LogP contribution in [-0.4, -0.2) is 13.6 Å². The van der Waals surface area contributed by atoms with Crippen LogP contribution >= 0.6 is 11.6 Å². The van der Waals surface area contributed by atoms with Gasteiger partial charge in [-0.1, -0.05) is 29.3 Å². The SMILES string of the molecule is Cc1ccc(N(C)C(CN)c2cc(F)cc(Cl)c2)c(C)c1. The maximum absolute atomic E-state index is 13.6. The van der Waals surface area contributed by atoms with Crippen LogP contribution in [0.4, 0.5) is 10.1 Å². The van der Waals surface area contributed by atoms with Gasteiger partial charge in [-0.25, -0.2) is 4.39 Å². The molecule has 0 saturated heterocycles. The molecular weight excluding hydrogens is 287 g/mol. The van der Waals surface area contributed by atoms with Crippen LogP contribution in [0.15, 0.2) is 36.4 Å². The Morgan fingerprint density at radius 3 is 2.48 bits per heavy atom. The molecule has 0 aliphatic rings. The van der Waals surface area contributed by atoms with Gasteiger partial charge in [0.15, 0.2) is 0 Å². The first kappa shape index (κ1) is 15.8. The lowest BCUT2D eigenvalue weighted by Gasteiger charge is -2.31. The second-order valence-electron chi connectivity index (χ2n) is 5.36. The quantitative estimate of drug-likeness (QED) is 0.916. The molecule has 0 amide bonds. The van der Waals surface area contributed by atoms with Gasteiger partial charge in [0.05, 0.1) is 6.04 Å². The number of hydrogen-bond donors (Lipinski definition) is 1. The molecule has 0 spiro atoms. The highest BCUT2D eigenvalue weighted by Gasteiger charge is 2.18. The minimum absolute atomic E-state index is 0.125. The van der Waals surface area contributed by atoms with Crippen LogP contribution in [0.5, 0.6) is 0 Å². The summed E-state index contributed by atoms with van der Waals surface area (Å²) in [6.45, 7) is 4.50. The molecule has 2 rings (SSSR count). The molecule has 2 aromatic rings. The number of hydrogen-bond acceptors (Lipinski definition) is 2. The maximum atomic E-state index is 13.6. The largest absolute Gasteiger partial charge is 0.366 e. The first-order chi connectivity index (χ1) is 9.92. The van der Waals surface area contributed by atoms with Crippen molar-refractivity contribution in [3.63, 3.8) is 0 Å². The Hall–Kier alpha value is -1.58. The zero-order chi connectivity index (χ0) is 15.6. The lowest BCUT2D eigenvalue weighted by Crippen LogP contribution is -2.31. The molecule has 112 valence electrons. The van der Waals surface area contributed by atoms with E-state index >= 15 is 0 Å². The van der Waals surface area contributed by atoms with E-state index in [-0.39, 0.29) is 11.9 Å². The average molecular weight is 307 g/mol. The number of nitrogens with zero attached hydrogens (tertiary/aromatic N) is 1. The molecule has 0 radical (unpaired) electrons. The number of anilines is 1. The first-order valence-corrected chi connectivity index (χ1v) is 7.26. The number of benzene rings is 2. The molecule has 2 N–H and O–H groups in total. The van der Waals surface area contributed by atoms with Crippen LogP contribution in [0.25, 0.3) is 0 Å². The lowest BCUT2D eigenvalue weighted by atomic mass is 10.0. The molecule has 1 unspecified atom stereocenters. The van der Waals surface area contributed by atoms with Gasteiger partial charge in [-0.05, 0) is 49.2 Å². The van der Waals surface area contributed by atoms with Gasteiger partial charge in [-0.15, -0.1) is 0 Å². The molecule has 0 fully saturated rings. The van der Waals surface area contributed by atoms with Crippen molar-refractivity contribution in [1.82, 2.24) is 0 Å². The number of likely N-dealkylation sites (N-methyl/N-ethyl adjacent to an activating group) is 1. The van der Waals surface area contributed by atoms with E-state index in [2.05, 4.69) is 36.9 Å². The van der Waals surface area contributed by atoms with E-state index in [4.69, 9.17) is 17.3 Å². The van der Waals surface area contributed by atoms with Gasteiger partial charge in [0.1, 0.15) is 5.82 Å². The molecule has 21 heavy (non-hydrogen) atoms. The van der Waals surface area contributed by atoms with Crippen LogP contribution < -0.4 is 10.6 Å². The maximum Gasteiger partial charge on any atom is 0.125 e. The monoisotopic (exact) mass is 306 g/mol. The predicted octanol–water partition coefficient (Wildman–Crippen LogP) is 4.23. The minimum atomic E-state index is -0.343. The lowest BCUT2D eigenvalue weighted by molar-refractivity contribution is 0.615. The third-order valence-corrected chi connectivity index (χ3v) is 3.91. The fraction of sp³-hybridized carbons (Fsp3) is 0.294. The van der Waals surface area contributed by atoms with Gasteiger partial charge in [0.2, 0.25) is 0 Å². The van der Waals surface area contributed by atoms with E-state index in [9.17, 15) is 4.39 Å².